The Morgan fingerprint density at radius 1 is 1.18 bits per heavy atom. The number of aliphatic hydroxyl groups is 2. The van der Waals surface area contributed by atoms with Gasteiger partial charge in [0.25, 0.3) is 0 Å². The molecule has 4 atom stereocenters. The summed E-state index contributed by atoms with van der Waals surface area (Å²) >= 11 is 0. The Bertz CT molecular complexity index is 260. The second kappa shape index (κ2) is 12.4. The Morgan fingerprint density at radius 2 is 1.82 bits per heavy atom. The lowest BCUT2D eigenvalue weighted by Crippen LogP contribution is -2.26. The molecule has 4 unspecified atom stereocenters. The van der Waals surface area contributed by atoms with Gasteiger partial charge in [-0.25, -0.2) is 0 Å². The lowest BCUT2D eigenvalue weighted by molar-refractivity contribution is 0.0821. The van der Waals surface area contributed by atoms with Crippen LogP contribution in [0.25, 0.3) is 0 Å². The molecule has 2 N–H and O–H groups in total. The van der Waals surface area contributed by atoms with E-state index in [1.54, 1.807) is 0 Å². The summed E-state index contributed by atoms with van der Waals surface area (Å²) in [5.41, 5.74) is 0.320. The summed E-state index contributed by atoms with van der Waals surface area (Å²) in [5, 5.41) is 17.9. The van der Waals surface area contributed by atoms with Crippen molar-refractivity contribution in [1.82, 2.24) is 0 Å². The van der Waals surface area contributed by atoms with Crippen LogP contribution in [0.5, 0.6) is 0 Å². The highest BCUT2D eigenvalue weighted by atomic mass is 28.2. The van der Waals surface area contributed by atoms with E-state index in [9.17, 15) is 5.11 Å². The van der Waals surface area contributed by atoms with Gasteiger partial charge in [-0.05, 0) is 18.9 Å². The zero-order valence-corrected chi connectivity index (χ0v) is 15.3. The topological polar surface area (TPSA) is 84.0 Å². The molecule has 2 aliphatic rings. The molecular weight excluding hydrogens is 304 g/mol. The van der Waals surface area contributed by atoms with Crippen molar-refractivity contribution in [2.75, 3.05) is 39.6 Å². The first kappa shape index (κ1) is 20.0. The zero-order valence-electron chi connectivity index (χ0n) is 13.9. The van der Waals surface area contributed by atoms with Gasteiger partial charge in [0.1, 0.15) is 12.2 Å². The lowest BCUT2D eigenvalue weighted by Gasteiger charge is -2.16. The van der Waals surface area contributed by atoms with Gasteiger partial charge in [-0.2, -0.15) is 0 Å². The summed E-state index contributed by atoms with van der Waals surface area (Å²) in [6, 6.07) is 0.737. The summed E-state index contributed by atoms with van der Waals surface area (Å²) in [4.78, 5) is 0. The molecule has 0 aromatic carbocycles. The average molecular weight is 337 g/mol. The average Bonchev–Trinajstić information content (AvgIpc) is 3.42. The number of hydrogen-bond donors (Lipinski definition) is 2. The minimum Gasteiger partial charge on any atom is -0.394 e. The maximum absolute atomic E-state index is 9.20. The van der Waals surface area contributed by atoms with Crippen molar-refractivity contribution in [2.24, 2.45) is 0 Å². The van der Waals surface area contributed by atoms with E-state index in [0.717, 1.165) is 45.3 Å². The van der Waals surface area contributed by atoms with Crippen LogP contribution in [0, 0.1) is 0 Å². The molecule has 0 aromatic heterocycles. The Labute approximate surface area is 135 Å². The number of aliphatic hydroxyl groups excluding tert-OH is 2. The van der Waals surface area contributed by atoms with Gasteiger partial charge in [0.15, 0.2) is 0 Å². The van der Waals surface area contributed by atoms with Gasteiger partial charge in [-0.15, -0.1) is 0 Å². The number of epoxide rings is 2. The van der Waals surface area contributed by atoms with E-state index in [1.807, 2.05) is 0 Å². The molecule has 0 bridgehead atoms. The maximum atomic E-state index is 9.20. The minimum absolute atomic E-state index is 0.130. The van der Waals surface area contributed by atoms with E-state index in [0.29, 0.717) is 24.5 Å². The molecule has 2 fully saturated rings. The van der Waals surface area contributed by atoms with Gasteiger partial charge >= 0.3 is 0 Å². The zero-order chi connectivity index (χ0) is 16.2. The number of hydrogen-bond acceptors (Lipinski definition) is 6. The Balaban J connectivity index is 0.000000255. The first-order chi connectivity index (χ1) is 10.7. The molecule has 0 aliphatic carbocycles. The highest BCUT2D eigenvalue weighted by molar-refractivity contribution is 6.37. The van der Waals surface area contributed by atoms with Gasteiger partial charge in [-0.1, -0.05) is 13.8 Å². The van der Waals surface area contributed by atoms with Crippen LogP contribution >= 0.6 is 0 Å². The molecule has 2 heterocycles. The predicted molar refractivity (Wildman–Crippen MR) is 87.1 cm³/mol. The first-order valence-corrected chi connectivity index (χ1v) is 10.2. The summed E-state index contributed by atoms with van der Waals surface area (Å²) < 4.78 is 20.8. The minimum atomic E-state index is -0.545. The van der Waals surface area contributed by atoms with Crippen LogP contribution in [0.3, 0.4) is 0 Å². The van der Waals surface area contributed by atoms with Crippen LogP contribution in [0.15, 0.2) is 0 Å². The van der Waals surface area contributed by atoms with Crippen molar-refractivity contribution in [3.63, 3.8) is 0 Å². The first-order valence-electron chi connectivity index (χ1n) is 8.41. The van der Waals surface area contributed by atoms with Crippen LogP contribution in [0.4, 0.5) is 0 Å². The van der Waals surface area contributed by atoms with E-state index in [1.165, 1.54) is 0 Å². The third-order valence-corrected chi connectivity index (χ3v) is 5.92. The normalized spacial score (nSPS) is 25.6. The van der Waals surface area contributed by atoms with E-state index >= 15 is 0 Å². The second-order valence-electron chi connectivity index (χ2n) is 5.76. The van der Waals surface area contributed by atoms with E-state index in [4.69, 9.17) is 24.1 Å². The largest absolute Gasteiger partial charge is 0.394 e. The molecule has 2 aliphatic heterocycles. The van der Waals surface area contributed by atoms with Gasteiger partial charge in [0.2, 0.25) is 0 Å². The SMILES string of the molecule is CCC(OCC1CO1)[SiH2]CC(O)CO.CCCOCC1CO1. The standard InChI is InChI=1S/C9H20O4Si.C6H12O2/c1-2-9(13-5-8-4-12-8)14-6-7(11)3-10;1-2-3-7-4-6-5-8-6/h7-11H,2-6,14H2,1H3;6H,2-5H2,1H3. The van der Waals surface area contributed by atoms with Gasteiger partial charge in [0, 0.05) is 12.3 Å². The molecular formula is C15H32O6Si. The van der Waals surface area contributed by atoms with Gasteiger partial charge < -0.3 is 29.2 Å². The molecule has 2 rings (SSSR count). The fraction of sp³-hybridized carbons (Fsp3) is 1.00. The van der Waals surface area contributed by atoms with Crippen molar-refractivity contribution in [2.45, 2.75) is 56.8 Å². The molecule has 22 heavy (non-hydrogen) atoms. The summed E-state index contributed by atoms with van der Waals surface area (Å²) in [6.45, 7) is 8.18. The van der Waals surface area contributed by atoms with Crippen LogP contribution in [0.1, 0.15) is 26.7 Å². The van der Waals surface area contributed by atoms with Crippen LogP contribution in [-0.4, -0.2) is 83.4 Å². The van der Waals surface area contributed by atoms with Gasteiger partial charge in [-0.3, -0.25) is 0 Å². The van der Waals surface area contributed by atoms with Crippen molar-refractivity contribution in [1.29, 1.82) is 0 Å². The highest BCUT2D eigenvalue weighted by Gasteiger charge is 2.24. The summed E-state index contributed by atoms with van der Waals surface area (Å²) in [6.07, 6.45) is 2.31. The molecule has 132 valence electrons. The van der Waals surface area contributed by atoms with E-state index in [2.05, 4.69) is 13.8 Å². The summed E-state index contributed by atoms with van der Waals surface area (Å²) in [7, 11) is -0.436. The molecule has 7 heteroatoms. The molecule has 0 aromatic rings. The monoisotopic (exact) mass is 336 g/mol. The van der Waals surface area contributed by atoms with Crippen LogP contribution < -0.4 is 0 Å². The third kappa shape index (κ3) is 11.5. The van der Waals surface area contributed by atoms with Crippen molar-refractivity contribution < 1.29 is 29.2 Å². The maximum Gasteiger partial charge on any atom is 0.104 e. The Morgan fingerprint density at radius 3 is 2.32 bits per heavy atom. The number of rotatable bonds is 12. The third-order valence-electron chi connectivity index (χ3n) is 3.46. The van der Waals surface area contributed by atoms with E-state index in [-0.39, 0.29) is 6.61 Å². The fourth-order valence-corrected chi connectivity index (χ4v) is 3.46. The van der Waals surface area contributed by atoms with Crippen molar-refractivity contribution in [3.8, 4) is 0 Å². The molecule has 6 nitrogen and oxygen atoms in total. The molecule has 0 saturated carbocycles. The van der Waals surface area contributed by atoms with Gasteiger partial charge in [0.05, 0.1) is 48.7 Å². The smallest absolute Gasteiger partial charge is 0.104 e. The molecule has 0 radical (unpaired) electrons. The quantitative estimate of drug-likeness (QED) is 0.294. The Hall–Kier alpha value is -0.0231. The van der Waals surface area contributed by atoms with Crippen molar-refractivity contribution in [3.05, 3.63) is 0 Å². The lowest BCUT2D eigenvalue weighted by atomic mass is 10.4. The predicted octanol–water partition coefficient (Wildman–Crippen LogP) is -0.110. The van der Waals surface area contributed by atoms with Crippen molar-refractivity contribution >= 4 is 9.52 Å². The Kier molecular flexibility index (Phi) is 11.3. The fourth-order valence-electron chi connectivity index (χ4n) is 1.81. The molecule has 2 saturated heterocycles. The van der Waals surface area contributed by atoms with Crippen LogP contribution in [0.2, 0.25) is 6.04 Å². The van der Waals surface area contributed by atoms with E-state index < -0.39 is 15.6 Å². The molecule has 0 spiro atoms. The second-order valence-corrected chi connectivity index (χ2v) is 7.83. The molecule has 0 amide bonds. The van der Waals surface area contributed by atoms with Crippen LogP contribution in [-0.2, 0) is 18.9 Å². The summed E-state index contributed by atoms with van der Waals surface area (Å²) in [5.74, 6) is 0. The highest BCUT2D eigenvalue weighted by Crippen LogP contribution is 2.11. The number of ether oxygens (including phenoxy) is 4.